The molecule has 7 nitrogen and oxygen atoms in total. The monoisotopic (exact) mass is 369 g/mol. The van der Waals surface area contributed by atoms with Crippen molar-refractivity contribution in [3.63, 3.8) is 0 Å². The Hall–Kier alpha value is -0.710. The molecule has 126 valence electrons. The van der Waals surface area contributed by atoms with Crippen molar-refractivity contribution >= 4 is 39.7 Å². The van der Waals surface area contributed by atoms with Gasteiger partial charge in [0.25, 0.3) is 0 Å². The lowest BCUT2D eigenvalue weighted by Crippen LogP contribution is -2.55. The molecular formula is C12H20ClN3O4S2. The quantitative estimate of drug-likeness (QED) is 0.682. The zero-order valence-corrected chi connectivity index (χ0v) is 14.7. The summed E-state index contributed by atoms with van der Waals surface area (Å²) in [5.41, 5.74) is 0. The van der Waals surface area contributed by atoms with E-state index in [-0.39, 0.29) is 34.7 Å². The Labute approximate surface area is 140 Å². The van der Waals surface area contributed by atoms with Gasteiger partial charge in [0.2, 0.25) is 15.9 Å². The summed E-state index contributed by atoms with van der Waals surface area (Å²) >= 11 is 1.14. The van der Waals surface area contributed by atoms with Gasteiger partial charge in [-0.05, 0) is 26.1 Å². The Kier molecular flexibility index (Phi) is 7.23. The molecule has 1 amide bonds. The fraction of sp³-hybridized carbons (Fsp3) is 0.583. The number of thiophene rings is 1. The molecule has 1 aliphatic rings. The van der Waals surface area contributed by atoms with E-state index >= 15 is 0 Å². The van der Waals surface area contributed by atoms with Crippen LogP contribution in [0.1, 0.15) is 11.8 Å². The summed E-state index contributed by atoms with van der Waals surface area (Å²) in [5, 5.41) is 5.90. The second-order valence-electron chi connectivity index (χ2n) is 4.65. The Morgan fingerprint density at radius 3 is 2.86 bits per heavy atom. The van der Waals surface area contributed by atoms with E-state index in [1.807, 2.05) is 6.92 Å². The Morgan fingerprint density at radius 1 is 1.50 bits per heavy atom. The number of hydrogen-bond donors (Lipinski definition) is 3. The van der Waals surface area contributed by atoms with E-state index < -0.39 is 10.0 Å². The first-order chi connectivity index (χ1) is 9.94. The van der Waals surface area contributed by atoms with Crippen LogP contribution in [0.4, 0.5) is 0 Å². The lowest BCUT2D eigenvalue weighted by atomic mass is 10.1. The molecule has 3 N–H and O–H groups in total. The standard InChI is InChI=1S/C12H19N3O4S2.ClH/c1-8-11(14-5-6-19-8)12(16)15-7-9-3-4-10(20-9)21(17,18)13-2;/h3-4,8,11,13-14H,5-7H2,1-2H3,(H,15,16);1H/t8-,11+;/m1./s1. The summed E-state index contributed by atoms with van der Waals surface area (Å²) in [6.07, 6.45) is -0.178. The molecule has 0 spiro atoms. The van der Waals surface area contributed by atoms with Gasteiger partial charge < -0.3 is 15.4 Å². The third-order valence-electron chi connectivity index (χ3n) is 3.21. The maximum atomic E-state index is 12.1. The van der Waals surface area contributed by atoms with E-state index in [0.717, 1.165) is 16.2 Å². The lowest BCUT2D eigenvalue weighted by molar-refractivity contribution is -0.129. The van der Waals surface area contributed by atoms with Crippen LogP contribution in [0, 0.1) is 0 Å². The molecule has 0 radical (unpaired) electrons. The molecule has 10 heteroatoms. The Balaban J connectivity index is 0.00000242. The summed E-state index contributed by atoms with van der Waals surface area (Å²) in [6.45, 7) is 3.39. The van der Waals surface area contributed by atoms with E-state index in [4.69, 9.17) is 4.74 Å². The molecule has 0 bridgehead atoms. The van der Waals surface area contributed by atoms with Crippen LogP contribution in [0.3, 0.4) is 0 Å². The molecule has 1 aromatic heterocycles. The zero-order chi connectivity index (χ0) is 15.5. The Bertz CT molecular complexity index is 605. The van der Waals surface area contributed by atoms with Crippen LogP contribution < -0.4 is 15.4 Å². The minimum Gasteiger partial charge on any atom is -0.375 e. The van der Waals surface area contributed by atoms with Crippen molar-refractivity contribution in [2.45, 2.75) is 29.8 Å². The second-order valence-corrected chi connectivity index (χ2v) is 7.94. The number of amides is 1. The van der Waals surface area contributed by atoms with Gasteiger partial charge in [0.1, 0.15) is 10.3 Å². The van der Waals surface area contributed by atoms with Gasteiger partial charge >= 0.3 is 0 Å². The summed E-state index contributed by atoms with van der Waals surface area (Å²) in [4.78, 5) is 12.8. The fourth-order valence-electron chi connectivity index (χ4n) is 2.01. The van der Waals surface area contributed by atoms with Crippen molar-refractivity contribution in [2.75, 3.05) is 20.2 Å². The van der Waals surface area contributed by atoms with E-state index in [0.29, 0.717) is 19.7 Å². The normalized spacial score (nSPS) is 21.9. The molecule has 1 fully saturated rings. The maximum Gasteiger partial charge on any atom is 0.249 e. The van der Waals surface area contributed by atoms with Crippen molar-refractivity contribution in [3.8, 4) is 0 Å². The van der Waals surface area contributed by atoms with E-state index in [9.17, 15) is 13.2 Å². The first-order valence-corrected chi connectivity index (χ1v) is 8.89. The van der Waals surface area contributed by atoms with Crippen LogP contribution in [0.25, 0.3) is 0 Å². The highest BCUT2D eigenvalue weighted by Gasteiger charge is 2.28. The fourth-order valence-corrected chi connectivity index (χ4v) is 4.14. The molecule has 0 aromatic carbocycles. The third kappa shape index (κ3) is 4.64. The number of nitrogens with one attached hydrogen (secondary N) is 3. The largest absolute Gasteiger partial charge is 0.375 e. The summed E-state index contributed by atoms with van der Waals surface area (Å²) in [6, 6.07) is 2.85. The zero-order valence-electron chi connectivity index (χ0n) is 12.3. The molecule has 1 aromatic rings. The van der Waals surface area contributed by atoms with Gasteiger partial charge in [0.15, 0.2) is 0 Å². The van der Waals surface area contributed by atoms with Gasteiger partial charge in [-0.15, -0.1) is 23.7 Å². The van der Waals surface area contributed by atoms with Crippen LogP contribution in [0.15, 0.2) is 16.3 Å². The molecule has 22 heavy (non-hydrogen) atoms. The van der Waals surface area contributed by atoms with Gasteiger partial charge in [0.05, 0.1) is 19.3 Å². The van der Waals surface area contributed by atoms with E-state index in [1.165, 1.54) is 13.1 Å². The van der Waals surface area contributed by atoms with Gasteiger partial charge in [-0.25, -0.2) is 13.1 Å². The number of hydrogen-bond acceptors (Lipinski definition) is 6. The SMILES string of the molecule is CNS(=O)(=O)c1ccc(CNC(=O)[C@H]2NCCO[C@@H]2C)s1.Cl. The highest BCUT2D eigenvalue weighted by molar-refractivity contribution is 7.91. The average molecular weight is 370 g/mol. The van der Waals surface area contributed by atoms with Gasteiger partial charge in [-0.1, -0.05) is 0 Å². The van der Waals surface area contributed by atoms with Gasteiger partial charge in [-0.3, -0.25) is 4.79 Å². The highest BCUT2D eigenvalue weighted by Crippen LogP contribution is 2.21. The van der Waals surface area contributed by atoms with Gasteiger partial charge in [-0.2, -0.15) is 0 Å². The summed E-state index contributed by atoms with van der Waals surface area (Å²) in [7, 11) is -2.05. The number of sulfonamides is 1. The smallest absolute Gasteiger partial charge is 0.249 e. The van der Waals surface area contributed by atoms with Crippen molar-refractivity contribution in [3.05, 3.63) is 17.0 Å². The molecule has 0 unspecified atom stereocenters. The third-order valence-corrected chi connectivity index (χ3v) is 6.20. The number of carbonyl (C=O) groups excluding carboxylic acids is 1. The van der Waals surface area contributed by atoms with Crippen LogP contribution >= 0.6 is 23.7 Å². The van der Waals surface area contributed by atoms with Crippen LogP contribution in [-0.2, 0) is 26.1 Å². The molecular weight excluding hydrogens is 350 g/mol. The molecule has 0 aliphatic carbocycles. The van der Waals surface area contributed by atoms with E-state index in [2.05, 4.69) is 15.4 Å². The van der Waals surface area contributed by atoms with E-state index in [1.54, 1.807) is 6.07 Å². The van der Waals surface area contributed by atoms with Crippen molar-refractivity contribution in [1.82, 2.24) is 15.4 Å². The minimum atomic E-state index is -3.42. The van der Waals surface area contributed by atoms with Gasteiger partial charge in [0, 0.05) is 11.4 Å². The maximum absolute atomic E-state index is 12.1. The molecule has 1 aliphatic heterocycles. The lowest BCUT2D eigenvalue weighted by Gasteiger charge is -2.29. The minimum absolute atomic E-state index is 0. The van der Waals surface area contributed by atoms with Crippen LogP contribution in [0.2, 0.25) is 0 Å². The average Bonchev–Trinajstić information content (AvgIpc) is 2.95. The Morgan fingerprint density at radius 2 is 2.23 bits per heavy atom. The van der Waals surface area contributed by atoms with Crippen molar-refractivity contribution in [2.24, 2.45) is 0 Å². The first kappa shape index (κ1) is 19.3. The number of ether oxygens (including phenoxy) is 1. The van der Waals surface area contributed by atoms with Crippen molar-refractivity contribution < 1.29 is 17.9 Å². The summed E-state index contributed by atoms with van der Waals surface area (Å²) in [5.74, 6) is -0.145. The predicted octanol–water partition coefficient (Wildman–Crippen LogP) is 0.0711. The molecule has 2 heterocycles. The molecule has 0 saturated carbocycles. The first-order valence-electron chi connectivity index (χ1n) is 6.59. The molecule has 1 saturated heterocycles. The topological polar surface area (TPSA) is 96.5 Å². The van der Waals surface area contributed by atoms with Crippen LogP contribution in [-0.4, -0.2) is 46.7 Å². The highest BCUT2D eigenvalue weighted by atomic mass is 35.5. The predicted molar refractivity (Wildman–Crippen MR) is 86.9 cm³/mol. The number of morpholine rings is 1. The number of rotatable bonds is 5. The molecule has 2 atom stereocenters. The number of carbonyl (C=O) groups is 1. The second kappa shape index (κ2) is 8.23. The number of halogens is 1. The van der Waals surface area contributed by atoms with Crippen LogP contribution in [0.5, 0.6) is 0 Å². The molecule has 2 rings (SSSR count). The van der Waals surface area contributed by atoms with Crippen molar-refractivity contribution in [1.29, 1.82) is 0 Å². The summed E-state index contributed by atoms with van der Waals surface area (Å²) < 4.78 is 31.2.